The first-order chi connectivity index (χ1) is 12.8. The number of nitrogens with one attached hydrogen (secondary N) is 2. The minimum Gasteiger partial charge on any atom is -0.365 e. The summed E-state index contributed by atoms with van der Waals surface area (Å²) in [6.45, 7) is 6.26. The lowest BCUT2D eigenvalue weighted by Gasteiger charge is -2.25. The molecular formula is C20H19ClFN5. The van der Waals surface area contributed by atoms with Crippen LogP contribution < -0.4 is 10.6 Å². The molecule has 0 atom stereocenters. The van der Waals surface area contributed by atoms with E-state index in [0.717, 1.165) is 11.8 Å². The van der Waals surface area contributed by atoms with Crippen molar-refractivity contribution in [3.05, 3.63) is 53.1 Å². The SMILES string of the molecule is CCC(C)(C)Nc1cc2c(Nc3ccc(F)c(Cl)c3)c(C#N)cnc2cn1. The third-order valence-corrected chi connectivity index (χ3v) is 4.70. The number of rotatable bonds is 5. The van der Waals surface area contributed by atoms with Crippen LogP contribution in [-0.4, -0.2) is 15.5 Å². The third kappa shape index (κ3) is 4.09. The van der Waals surface area contributed by atoms with E-state index in [4.69, 9.17) is 11.6 Å². The lowest BCUT2D eigenvalue weighted by molar-refractivity contribution is 0.545. The number of aromatic nitrogens is 2. The molecule has 0 unspecified atom stereocenters. The van der Waals surface area contributed by atoms with Gasteiger partial charge in [-0.1, -0.05) is 18.5 Å². The molecule has 2 heterocycles. The molecule has 0 aliphatic heterocycles. The zero-order valence-corrected chi connectivity index (χ0v) is 16.0. The van der Waals surface area contributed by atoms with Gasteiger partial charge in [-0.05, 0) is 44.5 Å². The van der Waals surface area contributed by atoms with E-state index in [1.165, 1.54) is 18.3 Å². The molecule has 1 aromatic carbocycles. The number of benzene rings is 1. The van der Waals surface area contributed by atoms with E-state index in [1.807, 2.05) is 6.07 Å². The maximum Gasteiger partial charge on any atom is 0.141 e. The minimum absolute atomic E-state index is 0.00517. The second-order valence-corrected chi connectivity index (χ2v) is 7.27. The summed E-state index contributed by atoms with van der Waals surface area (Å²) in [5.74, 6) is 0.186. The summed E-state index contributed by atoms with van der Waals surface area (Å²) in [4.78, 5) is 8.72. The first kappa shape index (κ1) is 18.9. The Morgan fingerprint density at radius 1 is 1.22 bits per heavy atom. The fourth-order valence-electron chi connectivity index (χ4n) is 2.54. The first-order valence-corrected chi connectivity index (χ1v) is 8.90. The smallest absolute Gasteiger partial charge is 0.141 e. The molecule has 0 aliphatic rings. The summed E-state index contributed by atoms with van der Waals surface area (Å²) in [6, 6.07) is 8.31. The van der Waals surface area contributed by atoms with Crippen LogP contribution in [0.15, 0.2) is 36.7 Å². The number of anilines is 3. The van der Waals surface area contributed by atoms with E-state index < -0.39 is 5.82 Å². The zero-order chi connectivity index (χ0) is 19.6. The number of hydrogen-bond acceptors (Lipinski definition) is 5. The van der Waals surface area contributed by atoms with Crippen LogP contribution in [0.2, 0.25) is 5.02 Å². The second kappa shape index (κ2) is 7.37. The van der Waals surface area contributed by atoms with E-state index >= 15 is 0 Å². The quantitative estimate of drug-likeness (QED) is 0.596. The van der Waals surface area contributed by atoms with Crippen molar-refractivity contribution in [1.82, 2.24) is 9.97 Å². The number of nitrogens with zero attached hydrogens (tertiary/aromatic N) is 3. The van der Waals surface area contributed by atoms with Crippen LogP contribution in [0.5, 0.6) is 0 Å². The summed E-state index contributed by atoms with van der Waals surface area (Å²) in [5, 5.41) is 16.8. The Kier molecular flexibility index (Phi) is 5.15. The van der Waals surface area contributed by atoms with E-state index in [2.05, 4.69) is 47.4 Å². The van der Waals surface area contributed by atoms with Crippen molar-refractivity contribution >= 4 is 39.7 Å². The Morgan fingerprint density at radius 2 is 2.00 bits per heavy atom. The Balaban J connectivity index is 2.10. The van der Waals surface area contributed by atoms with Crippen LogP contribution in [0.1, 0.15) is 32.8 Å². The maximum absolute atomic E-state index is 13.4. The predicted molar refractivity (Wildman–Crippen MR) is 107 cm³/mol. The number of nitriles is 1. The molecule has 0 amide bonds. The number of hydrogen-bond donors (Lipinski definition) is 2. The van der Waals surface area contributed by atoms with Gasteiger partial charge in [0.15, 0.2) is 0 Å². The topological polar surface area (TPSA) is 73.6 Å². The fourth-order valence-corrected chi connectivity index (χ4v) is 2.72. The number of fused-ring (bicyclic) bond motifs is 1. The molecule has 0 saturated carbocycles. The number of pyridine rings is 2. The molecular weight excluding hydrogens is 365 g/mol. The van der Waals surface area contributed by atoms with E-state index in [-0.39, 0.29) is 10.6 Å². The molecule has 27 heavy (non-hydrogen) atoms. The molecule has 3 aromatic rings. The van der Waals surface area contributed by atoms with Gasteiger partial charge in [-0.25, -0.2) is 9.37 Å². The van der Waals surface area contributed by atoms with Gasteiger partial charge in [-0.3, -0.25) is 4.98 Å². The summed E-state index contributed by atoms with van der Waals surface area (Å²) in [7, 11) is 0. The molecule has 0 saturated heterocycles. The summed E-state index contributed by atoms with van der Waals surface area (Å²) in [6.07, 6.45) is 4.07. The standard InChI is InChI=1S/C20H19ClFN5/c1-4-20(2,3)27-18-8-14-17(11-25-18)24-10-12(9-23)19(14)26-13-5-6-16(22)15(21)7-13/h5-8,10-11H,4H2,1-3H3,(H,24,26)(H,25,27). The highest BCUT2D eigenvalue weighted by Crippen LogP contribution is 2.31. The Hall–Kier alpha value is -2.91. The van der Waals surface area contributed by atoms with Gasteiger partial charge < -0.3 is 10.6 Å². The van der Waals surface area contributed by atoms with Gasteiger partial charge in [-0.2, -0.15) is 5.26 Å². The van der Waals surface area contributed by atoms with Gasteiger partial charge in [0.2, 0.25) is 0 Å². The highest BCUT2D eigenvalue weighted by molar-refractivity contribution is 6.31. The van der Waals surface area contributed by atoms with Gasteiger partial charge in [0.25, 0.3) is 0 Å². The van der Waals surface area contributed by atoms with E-state index in [9.17, 15) is 9.65 Å². The predicted octanol–water partition coefficient (Wildman–Crippen LogP) is 5.64. The molecule has 0 aliphatic carbocycles. The monoisotopic (exact) mass is 383 g/mol. The van der Waals surface area contributed by atoms with Crippen LogP contribution in [0, 0.1) is 17.1 Å². The van der Waals surface area contributed by atoms with Crippen LogP contribution >= 0.6 is 11.6 Å². The first-order valence-electron chi connectivity index (χ1n) is 8.52. The Bertz CT molecular complexity index is 1040. The Morgan fingerprint density at radius 3 is 2.67 bits per heavy atom. The average molecular weight is 384 g/mol. The highest BCUT2D eigenvalue weighted by atomic mass is 35.5. The lowest BCUT2D eigenvalue weighted by atomic mass is 10.0. The summed E-state index contributed by atoms with van der Waals surface area (Å²) in [5.41, 5.74) is 2.04. The third-order valence-electron chi connectivity index (χ3n) is 4.41. The molecule has 0 fully saturated rings. The molecule has 0 radical (unpaired) electrons. The largest absolute Gasteiger partial charge is 0.365 e. The maximum atomic E-state index is 13.4. The normalized spacial score (nSPS) is 11.3. The van der Waals surface area contributed by atoms with Crippen molar-refractivity contribution in [1.29, 1.82) is 5.26 Å². The van der Waals surface area contributed by atoms with E-state index in [0.29, 0.717) is 28.3 Å². The second-order valence-electron chi connectivity index (χ2n) is 6.86. The van der Waals surface area contributed by atoms with Gasteiger partial charge in [-0.15, -0.1) is 0 Å². The van der Waals surface area contributed by atoms with Crippen molar-refractivity contribution < 1.29 is 4.39 Å². The molecule has 2 N–H and O–H groups in total. The van der Waals surface area contributed by atoms with Gasteiger partial charge in [0.1, 0.15) is 17.7 Å². The van der Waals surface area contributed by atoms with E-state index in [1.54, 1.807) is 12.3 Å². The molecule has 0 bridgehead atoms. The molecule has 7 heteroatoms. The molecule has 0 spiro atoms. The highest BCUT2D eigenvalue weighted by Gasteiger charge is 2.17. The number of halogens is 2. The Labute approximate surface area is 162 Å². The zero-order valence-electron chi connectivity index (χ0n) is 15.3. The van der Waals surface area contributed by atoms with Crippen molar-refractivity contribution in [2.24, 2.45) is 0 Å². The summed E-state index contributed by atoms with van der Waals surface area (Å²) >= 11 is 5.87. The molecule has 138 valence electrons. The lowest BCUT2D eigenvalue weighted by Crippen LogP contribution is -2.30. The van der Waals surface area contributed by atoms with Crippen molar-refractivity contribution in [2.75, 3.05) is 10.6 Å². The van der Waals surface area contributed by atoms with Crippen molar-refractivity contribution in [3.63, 3.8) is 0 Å². The fraction of sp³-hybridized carbons (Fsp3) is 0.250. The van der Waals surface area contributed by atoms with Crippen LogP contribution in [0.4, 0.5) is 21.6 Å². The van der Waals surface area contributed by atoms with Crippen LogP contribution in [-0.2, 0) is 0 Å². The average Bonchev–Trinajstić information content (AvgIpc) is 2.65. The van der Waals surface area contributed by atoms with Crippen molar-refractivity contribution in [3.8, 4) is 6.07 Å². The minimum atomic E-state index is -0.500. The molecule has 3 rings (SSSR count). The van der Waals surface area contributed by atoms with Gasteiger partial charge >= 0.3 is 0 Å². The van der Waals surface area contributed by atoms with Gasteiger partial charge in [0.05, 0.1) is 28.0 Å². The van der Waals surface area contributed by atoms with Gasteiger partial charge in [0, 0.05) is 22.8 Å². The molecule has 2 aromatic heterocycles. The van der Waals surface area contributed by atoms with Crippen LogP contribution in [0.3, 0.4) is 0 Å². The molecule has 5 nitrogen and oxygen atoms in total. The van der Waals surface area contributed by atoms with Crippen molar-refractivity contribution in [2.45, 2.75) is 32.7 Å². The van der Waals surface area contributed by atoms with Crippen LogP contribution in [0.25, 0.3) is 10.9 Å². The summed E-state index contributed by atoms with van der Waals surface area (Å²) < 4.78 is 13.4.